The van der Waals surface area contributed by atoms with Crippen LogP contribution in [0.4, 0.5) is 0 Å². The van der Waals surface area contributed by atoms with Crippen molar-refractivity contribution in [2.75, 3.05) is 39.6 Å². The van der Waals surface area contributed by atoms with Crippen LogP contribution in [-0.4, -0.2) is 96.7 Å². The van der Waals surface area contributed by atoms with Crippen LogP contribution < -0.4 is 0 Å². The number of aliphatic hydroxyl groups is 1. The molecule has 0 heterocycles. The molecule has 0 fully saturated rings. The Hall–Kier alpha value is -2.46. The number of hydrogen-bond donors (Lipinski definition) is 3. The molecule has 0 aromatic rings. The first-order chi connectivity index (χ1) is 44.0. The zero-order valence-corrected chi connectivity index (χ0v) is 60.3. The monoisotopic (exact) mass is 1330 g/mol. The highest BCUT2D eigenvalue weighted by Crippen LogP contribution is 2.45. The molecule has 0 aliphatic heterocycles. The second-order valence-corrected chi connectivity index (χ2v) is 28.7. The predicted octanol–water partition coefficient (Wildman–Crippen LogP) is 20.5. The van der Waals surface area contributed by atoms with Crippen LogP contribution in [0.3, 0.4) is 0 Å². The van der Waals surface area contributed by atoms with E-state index in [2.05, 4.69) is 58.9 Å². The van der Waals surface area contributed by atoms with Gasteiger partial charge in [-0.15, -0.1) is 0 Å². The number of aliphatic hydroxyl groups excluding tert-OH is 1. The van der Waals surface area contributed by atoms with E-state index in [9.17, 15) is 43.2 Å². The molecule has 536 valence electrons. The Bertz CT molecular complexity index is 1850. The summed E-state index contributed by atoms with van der Waals surface area (Å²) < 4.78 is 68.3. The van der Waals surface area contributed by atoms with Gasteiger partial charge in [-0.1, -0.05) is 296 Å². The van der Waals surface area contributed by atoms with Gasteiger partial charge in [-0.05, 0) is 57.3 Å². The number of ether oxygens (including phenoxy) is 4. The molecule has 0 aliphatic carbocycles. The van der Waals surface area contributed by atoms with Gasteiger partial charge in [0, 0.05) is 25.7 Å². The van der Waals surface area contributed by atoms with E-state index in [-0.39, 0.29) is 25.7 Å². The second-order valence-electron chi connectivity index (χ2n) is 25.8. The average molecular weight is 1340 g/mol. The van der Waals surface area contributed by atoms with E-state index < -0.39 is 97.5 Å². The molecule has 0 aromatic heterocycles. The number of esters is 4. The molecule has 19 heteroatoms. The number of allylic oxidation sites excluding steroid dienone is 4. The van der Waals surface area contributed by atoms with Crippen LogP contribution in [0.1, 0.15) is 349 Å². The Kier molecular flexibility index (Phi) is 63.1. The zero-order valence-electron chi connectivity index (χ0n) is 58.5. The van der Waals surface area contributed by atoms with Crippen LogP contribution in [-0.2, 0) is 65.4 Å². The Morgan fingerprint density at radius 2 is 0.593 bits per heavy atom. The van der Waals surface area contributed by atoms with Crippen molar-refractivity contribution in [1.29, 1.82) is 0 Å². The van der Waals surface area contributed by atoms with Crippen LogP contribution in [0.25, 0.3) is 0 Å². The van der Waals surface area contributed by atoms with Crippen molar-refractivity contribution >= 4 is 39.5 Å². The summed E-state index contributed by atoms with van der Waals surface area (Å²) in [4.78, 5) is 72.6. The minimum atomic E-state index is -4.96. The van der Waals surface area contributed by atoms with Gasteiger partial charge >= 0.3 is 39.5 Å². The molecular weight excluding hydrogens is 1200 g/mol. The molecule has 3 N–H and O–H groups in total. The lowest BCUT2D eigenvalue weighted by atomic mass is 10.0. The molecule has 0 saturated heterocycles. The van der Waals surface area contributed by atoms with E-state index in [1.807, 2.05) is 0 Å². The molecule has 2 unspecified atom stereocenters. The zero-order chi connectivity index (χ0) is 67.0. The Morgan fingerprint density at radius 1 is 0.341 bits per heavy atom. The van der Waals surface area contributed by atoms with Crippen molar-refractivity contribution in [3.8, 4) is 0 Å². The third-order valence-electron chi connectivity index (χ3n) is 16.2. The molecule has 0 aliphatic rings. The molecule has 91 heavy (non-hydrogen) atoms. The summed E-state index contributed by atoms with van der Waals surface area (Å²) in [5, 5.41) is 10.6. The molecule has 0 radical (unpaired) electrons. The van der Waals surface area contributed by atoms with E-state index >= 15 is 0 Å². The highest BCUT2D eigenvalue weighted by Gasteiger charge is 2.30. The van der Waals surface area contributed by atoms with Gasteiger partial charge < -0.3 is 33.8 Å². The van der Waals surface area contributed by atoms with Crippen LogP contribution in [0, 0.1) is 5.92 Å². The second kappa shape index (κ2) is 64.9. The van der Waals surface area contributed by atoms with E-state index in [1.165, 1.54) is 154 Å². The summed E-state index contributed by atoms with van der Waals surface area (Å²) in [6.45, 7) is 7.11. The standard InChI is InChI=1S/C72H136O17P2/c1-6-9-12-15-18-21-24-27-29-32-35-38-41-48-53-58-71(76)88-67(61-82-69(74)55-50-45-39-36-33-31-28-25-22-19-16-13-10-7-2)63-86-90(78,79)84-59-66(73)60-85-91(80,81)87-64-68(62-83-70(75)56-51-46-43-42-44-49-54-65(4)5)89-72(77)57-52-47-40-37-34-30-26-23-20-17-14-11-8-3/h21,24,27,29,65-68,73H,6-20,22-23,25-26,28,30-64H2,1-5H3,(H,78,79)(H,80,81)/b24-21-,29-27-/t66-,67-,68-/m1/s1. The van der Waals surface area contributed by atoms with Gasteiger partial charge in [-0.25, -0.2) is 9.13 Å². The lowest BCUT2D eigenvalue weighted by Crippen LogP contribution is -2.30. The smallest absolute Gasteiger partial charge is 0.462 e. The van der Waals surface area contributed by atoms with Gasteiger partial charge in [0.15, 0.2) is 12.2 Å². The molecule has 0 saturated carbocycles. The molecule has 17 nitrogen and oxygen atoms in total. The predicted molar refractivity (Wildman–Crippen MR) is 368 cm³/mol. The Morgan fingerprint density at radius 3 is 0.901 bits per heavy atom. The summed E-state index contributed by atoms with van der Waals surface area (Å²) in [6.07, 6.45) is 54.9. The van der Waals surface area contributed by atoms with Crippen molar-refractivity contribution in [1.82, 2.24) is 0 Å². The van der Waals surface area contributed by atoms with Gasteiger partial charge in [0.05, 0.1) is 26.4 Å². The van der Waals surface area contributed by atoms with Crippen LogP contribution in [0.15, 0.2) is 24.3 Å². The normalized spacial score (nSPS) is 14.2. The number of rotatable bonds is 70. The van der Waals surface area contributed by atoms with Crippen LogP contribution in [0.5, 0.6) is 0 Å². The first-order valence-corrected chi connectivity index (χ1v) is 39.9. The van der Waals surface area contributed by atoms with Crippen molar-refractivity contribution in [2.45, 2.75) is 368 Å². The minimum Gasteiger partial charge on any atom is -0.462 e. The Labute approximate surface area is 554 Å². The fourth-order valence-corrected chi connectivity index (χ4v) is 12.0. The fourth-order valence-electron chi connectivity index (χ4n) is 10.5. The van der Waals surface area contributed by atoms with Gasteiger partial charge in [-0.3, -0.25) is 37.3 Å². The minimum absolute atomic E-state index is 0.0855. The highest BCUT2D eigenvalue weighted by molar-refractivity contribution is 7.47. The number of carbonyl (C=O) groups is 4. The SMILES string of the molecule is CCCCCC/C=C\C=C/CCCCCCCC(=O)O[C@H](COC(=O)CCCCCCCCCCCCCCCC)COP(=O)(O)OC[C@@H](O)COP(=O)(O)OC[C@@H](COC(=O)CCCCCCCCC(C)C)OC(=O)CCCCCCCCCCCCCCC. The van der Waals surface area contributed by atoms with Crippen LogP contribution >= 0.6 is 15.6 Å². The van der Waals surface area contributed by atoms with Crippen molar-refractivity contribution in [3.05, 3.63) is 24.3 Å². The molecular formula is C72H136O17P2. The molecule has 0 aromatic carbocycles. The maximum atomic E-state index is 13.0. The van der Waals surface area contributed by atoms with E-state index in [0.717, 1.165) is 109 Å². The third-order valence-corrected chi connectivity index (χ3v) is 18.1. The molecule has 0 rings (SSSR count). The number of unbranched alkanes of at least 4 members (excludes halogenated alkanes) is 39. The number of carbonyl (C=O) groups excluding carboxylic acids is 4. The lowest BCUT2D eigenvalue weighted by molar-refractivity contribution is -0.161. The summed E-state index contributed by atoms with van der Waals surface area (Å²) in [7, 11) is -9.91. The average Bonchev–Trinajstić information content (AvgIpc) is 2.81. The molecule has 5 atom stereocenters. The molecule has 0 bridgehead atoms. The molecule has 0 spiro atoms. The maximum Gasteiger partial charge on any atom is 0.472 e. The third kappa shape index (κ3) is 66.0. The fraction of sp³-hybridized carbons (Fsp3) is 0.889. The summed E-state index contributed by atoms with van der Waals surface area (Å²) in [5.74, 6) is -1.47. The van der Waals surface area contributed by atoms with Crippen molar-refractivity contribution in [3.63, 3.8) is 0 Å². The van der Waals surface area contributed by atoms with E-state index in [1.54, 1.807) is 0 Å². The number of hydrogen-bond acceptors (Lipinski definition) is 15. The summed E-state index contributed by atoms with van der Waals surface area (Å²) >= 11 is 0. The molecule has 0 amide bonds. The van der Waals surface area contributed by atoms with E-state index in [0.29, 0.717) is 31.6 Å². The van der Waals surface area contributed by atoms with Crippen molar-refractivity contribution < 1.29 is 80.2 Å². The van der Waals surface area contributed by atoms with Gasteiger partial charge in [0.25, 0.3) is 0 Å². The summed E-state index contributed by atoms with van der Waals surface area (Å²) in [5.41, 5.74) is 0. The maximum absolute atomic E-state index is 13.0. The van der Waals surface area contributed by atoms with Crippen molar-refractivity contribution in [2.24, 2.45) is 5.92 Å². The quantitative estimate of drug-likeness (QED) is 0.0169. The highest BCUT2D eigenvalue weighted by atomic mass is 31.2. The Balaban J connectivity index is 5.28. The van der Waals surface area contributed by atoms with E-state index in [4.69, 9.17) is 37.0 Å². The number of phosphoric ester groups is 2. The van der Waals surface area contributed by atoms with Gasteiger partial charge in [0.1, 0.15) is 19.3 Å². The lowest BCUT2D eigenvalue weighted by Gasteiger charge is -2.21. The first-order valence-electron chi connectivity index (χ1n) is 37.0. The summed E-state index contributed by atoms with van der Waals surface area (Å²) in [6, 6.07) is 0. The topological polar surface area (TPSA) is 237 Å². The van der Waals surface area contributed by atoms with Gasteiger partial charge in [-0.2, -0.15) is 0 Å². The van der Waals surface area contributed by atoms with Crippen LogP contribution in [0.2, 0.25) is 0 Å². The largest absolute Gasteiger partial charge is 0.472 e. The first kappa shape index (κ1) is 88.5. The van der Waals surface area contributed by atoms with Gasteiger partial charge in [0.2, 0.25) is 0 Å². The number of phosphoric acid groups is 2.